The quantitative estimate of drug-likeness (QED) is 0.323. The fraction of sp³-hybridized carbons (Fsp3) is 0.314. The molecular formula is C35H39N5O6. The van der Waals surface area contributed by atoms with Crippen LogP contribution >= 0.6 is 0 Å². The molecule has 2 bridgehead atoms. The van der Waals surface area contributed by atoms with E-state index < -0.39 is 11.9 Å². The Bertz CT molecular complexity index is 1590. The Morgan fingerprint density at radius 2 is 1.76 bits per heavy atom. The Kier molecular flexibility index (Phi) is 11.4. The highest BCUT2D eigenvalue weighted by Crippen LogP contribution is 2.32. The summed E-state index contributed by atoms with van der Waals surface area (Å²) in [6.07, 6.45) is 4.29. The van der Waals surface area contributed by atoms with E-state index in [4.69, 9.17) is 14.2 Å². The zero-order valence-corrected chi connectivity index (χ0v) is 25.9. The first-order valence-corrected chi connectivity index (χ1v) is 15.3. The average molecular weight is 626 g/mol. The molecule has 0 saturated carbocycles. The number of hydrogen-bond donors (Lipinski definition) is 2. The van der Waals surface area contributed by atoms with Crippen molar-refractivity contribution in [2.45, 2.75) is 32.0 Å². The van der Waals surface area contributed by atoms with Gasteiger partial charge in [-0.05, 0) is 35.7 Å². The number of nitrogens with one attached hydrogen (secondary N) is 2. The summed E-state index contributed by atoms with van der Waals surface area (Å²) in [6, 6.07) is 23.8. The molecular weight excluding hydrogens is 586 g/mol. The summed E-state index contributed by atoms with van der Waals surface area (Å²) in [5, 5.41) is 5.83. The van der Waals surface area contributed by atoms with Gasteiger partial charge in [0.15, 0.2) is 11.5 Å². The molecule has 0 aliphatic carbocycles. The number of carbonyl (C=O) groups is 3. The van der Waals surface area contributed by atoms with Gasteiger partial charge in [-0.25, -0.2) is 4.98 Å². The average Bonchev–Trinajstić information content (AvgIpc) is 3.54. The van der Waals surface area contributed by atoms with Crippen molar-refractivity contribution in [3.63, 3.8) is 0 Å². The smallest absolute Gasteiger partial charge is 0.249 e. The van der Waals surface area contributed by atoms with Gasteiger partial charge in [0.25, 0.3) is 0 Å². The van der Waals surface area contributed by atoms with Crippen LogP contribution in [0.5, 0.6) is 11.5 Å². The van der Waals surface area contributed by atoms with Gasteiger partial charge < -0.3 is 34.3 Å². The van der Waals surface area contributed by atoms with E-state index in [0.29, 0.717) is 43.3 Å². The Morgan fingerprint density at radius 3 is 2.52 bits per heavy atom. The van der Waals surface area contributed by atoms with Crippen LogP contribution in [0.1, 0.15) is 17.5 Å². The minimum atomic E-state index is -0.838. The van der Waals surface area contributed by atoms with E-state index in [1.807, 2.05) is 89.6 Å². The largest absolute Gasteiger partial charge is 0.493 e. The van der Waals surface area contributed by atoms with E-state index in [9.17, 15) is 14.4 Å². The number of fused-ring (bicyclic) bond motifs is 4. The van der Waals surface area contributed by atoms with Crippen molar-refractivity contribution in [2.75, 3.05) is 40.0 Å². The van der Waals surface area contributed by atoms with E-state index in [2.05, 4.69) is 15.6 Å². The van der Waals surface area contributed by atoms with Crippen molar-refractivity contribution >= 4 is 17.7 Å². The summed E-state index contributed by atoms with van der Waals surface area (Å²) < 4.78 is 19.3. The second-order valence-corrected chi connectivity index (χ2v) is 10.9. The van der Waals surface area contributed by atoms with Gasteiger partial charge in [0, 0.05) is 44.0 Å². The summed E-state index contributed by atoms with van der Waals surface area (Å²) in [5.74, 6) is 0.717. The molecule has 4 aromatic rings. The summed E-state index contributed by atoms with van der Waals surface area (Å²) in [5.41, 5.74) is 2.67. The molecule has 3 aromatic carbocycles. The standard InChI is InChI=1S/C35H39N5O6/c1-44-30-14-13-28-22-31(30)46-20-8-17-40(33(42)25-45-24-27-11-6-3-7-12-27)23-32(41)38-29(21-26-9-4-2-5-10-26)35(43)37-16-19-39-18-15-36-34(28)39/h2-7,9-15,18,22,29H,8,16-17,19-21,23-25H2,1H3,(H,37,43)(H,38,41)/t29-/m0/s1. The normalized spacial score (nSPS) is 16.2. The Labute approximate surface area is 268 Å². The fourth-order valence-electron chi connectivity index (χ4n) is 5.22. The number of hydrogen-bond acceptors (Lipinski definition) is 7. The van der Waals surface area contributed by atoms with Gasteiger partial charge in [-0.15, -0.1) is 0 Å². The third-order valence-corrected chi connectivity index (χ3v) is 7.58. The molecule has 1 aliphatic rings. The van der Waals surface area contributed by atoms with Crippen molar-refractivity contribution in [3.05, 3.63) is 102 Å². The summed E-state index contributed by atoms with van der Waals surface area (Å²) in [4.78, 5) is 46.1. The lowest BCUT2D eigenvalue weighted by molar-refractivity contribution is -0.140. The Morgan fingerprint density at radius 1 is 1.00 bits per heavy atom. The number of rotatable bonds is 7. The van der Waals surface area contributed by atoms with Crippen LogP contribution in [0.4, 0.5) is 0 Å². The predicted molar refractivity (Wildman–Crippen MR) is 172 cm³/mol. The molecule has 1 atom stereocenters. The third-order valence-electron chi connectivity index (χ3n) is 7.58. The topological polar surface area (TPSA) is 124 Å². The lowest BCUT2D eigenvalue weighted by Gasteiger charge is -2.25. The predicted octanol–water partition coefficient (Wildman–Crippen LogP) is 3.23. The van der Waals surface area contributed by atoms with E-state index in [1.165, 1.54) is 4.90 Å². The molecule has 0 spiro atoms. The fourth-order valence-corrected chi connectivity index (χ4v) is 5.22. The molecule has 0 unspecified atom stereocenters. The molecule has 2 heterocycles. The van der Waals surface area contributed by atoms with Crippen LogP contribution < -0.4 is 20.1 Å². The maximum absolute atomic E-state index is 13.4. The third kappa shape index (κ3) is 8.95. The maximum Gasteiger partial charge on any atom is 0.249 e. The molecule has 5 rings (SSSR count). The first-order valence-electron chi connectivity index (χ1n) is 15.3. The molecule has 11 nitrogen and oxygen atoms in total. The number of benzene rings is 3. The van der Waals surface area contributed by atoms with Crippen LogP contribution in [0.3, 0.4) is 0 Å². The van der Waals surface area contributed by atoms with Gasteiger partial charge in [0.05, 0.1) is 26.9 Å². The lowest BCUT2D eigenvalue weighted by Crippen LogP contribution is -2.52. The summed E-state index contributed by atoms with van der Waals surface area (Å²) >= 11 is 0. The van der Waals surface area contributed by atoms with Gasteiger partial charge in [0.1, 0.15) is 18.5 Å². The van der Waals surface area contributed by atoms with Crippen LogP contribution in [0, 0.1) is 0 Å². The first-order chi connectivity index (χ1) is 22.5. The van der Waals surface area contributed by atoms with Gasteiger partial charge in [-0.3, -0.25) is 14.4 Å². The zero-order chi connectivity index (χ0) is 32.1. The number of amides is 3. The van der Waals surface area contributed by atoms with E-state index >= 15 is 0 Å². The molecule has 11 heteroatoms. The molecule has 0 radical (unpaired) electrons. The Balaban J connectivity index is 1.36. The van der Waals surface area contributed by atoms with E-state index in [0.717, 1.165) is 16.7 Å². The zero-order valence-electron chi connectivity index (χ0n) is 25.9. The summed E-state index contributed by atoms with van der Waals surface area (Å²) in [7, 11) is 1.57. The van der Waals surface area contributed by atoms with Gasteiger partial charge >= 0.3 is 0 Å². The van der Waals surface area contributed by atoms with Gasteiger partial charge in [-0.1, -0.05) is 60.7 Å². The summed E-state index contributed by atoms with van der Waals surface area (Å²) in [6.45, 7) is 1.12. The molecule has 0 fully saturated rings. The van der Waals surface area contributed by atoms with E-state index in [-0.39, 0.29) is 44.7 Å². The van der Waals surface area contributed by atoms with Crippen molar-refractivity contribution in [3.8, 4) is 22.9 Å². The van der Waals surface area contributed by atoms with Crippen LogP contribution in [-0.2, 0) is 38.7 Å². The van der Waals surface area contributed by atoms with Crippen LogP contribution in [-0.4, -0.2) is 78.2 Å². The molecule has 46 heavy (non-hydrogen) atoms. The van der Waals surface area contributed by atoms with Crippen molar-refractivity contribution < 1.29 is 28.6 Å². The first kappa shape index (κ1) is 32.2. The van der Waals surface area contributed by atoms with Gasteiger partial charge in [-0.2, -0.15) is 0 Å². The van der Waals surface area contributed by atoms with Gasteiger partial charge in [0.2, 0.25) is 17.7 Å². The number of nitrogens with zero attached hydrogens (tertiary/aromatic N) is 3. The highest BCUT2D eigenvalue weighted by atomic mass is 16.5. The minimum Gasteiger partial charge on any atom is -0.493 e. The second-order valence-electron chi connectivity index (χ2n) is 10.9. The molecule has 3 amide bonds. The second kappa shape index (κ2) is 16.2. The molecule has 240 valence electrons. The number of imidazole rings is 1. The highest BCUT2D eigenvalue weighted by molar-refractivity contribution is 5.90. The monoisotopic (exact) mass is 625 g/mol. The van der Waals surface area contributed by atoms with Crippen molar-refractivity contribution in [1.82, 2.24) is 25.1 Å². The maximum atomic E-state index is 13.4. The number of aromatic nitrogens is 2. The molecule has 1 aliphatic heterocycles. The molecule has 0 saturated heterocycles. The van der Waals surface area contributed by atoms with Crippen LogP contribution in [0.25, 0.3) is 11.4 Å². The number of carbonyl (C=O) groups excluding carboxylic acids is 3. The van der Waals surface area contributed by atoms with Crippen LogP contribution in [0.2, 0.25) is 0 Å². The highest BCUT2D eigenvalue weighted by Gasteiger charge is 2.24. The number of ether oxygens (including phenoxy) is 3. The molecule has 2 N–H and O–H groups in total. The number of methoxy groups -OCH3 is 1. The lowest BCUT2D eigenvalue weighted by atomic mass is 10.1. The SMILES string of the molecule is COc1ccc2cc1OCCCN(C(=O)COCc1ccccc1)CC(=O)N[C@@H](Cc1ccccc1)C(=O)NCCn1ccnc1-2. The Hall–Kier alpha value is -5.16. The van der Waals surface area contributed by atoms with Crippen molar-refractivity contribution in [2.24, 2.45) is 0 Å². The van der Waals surface area contributed by atoms with Crippen LogP contribution in [0.15, 0.2) is 91.3 Å². The minimum absolute atomic E-state index is 0.195. The molecule has 1 aromatic heterocycles. The van der Waals surface area contributed by atoms with Crippen molar-refractivity contribution in [1.29, 1.82) is 0 Å². The van der Waals surface area contributed by atoms with E-state index in [1.54, 1.807) is 13.3 Å².